The summed E-state index contributed by atoms with van der Waals surface area (Å²) in [6, 6.07) is 9.57. The van der Waals surface area contributed by atoms with Crippen LogP contribution >= 0.6 is 39.3 Å². The Hall–Kier alpha value is -2.73. The van der Waals surface area contributed by atoms with Gasteiger partial charge in [0.05, 0.1) is 16.6 Å². The lowest BCUT2D eigenvalue weighted by atomic mass is 10.2. The van der Waals surface area contributed by atoms with Gasteiger partial charge in [-0.25, -0.2) is 4.99 Å². The van der Waals surface area contributed by atoms with Crippen LogP contribution in [0.3, 0.4) is 0 Å². The summed E-state index contributed by atoms with van der Waals surface area (Å²) >= 11 is 10.3. The zero-order chi connectivity index (χ0) is 21.0. The van der Waals surface area contributed by atoms with Crippen LogP contribution in [0.4, 0.5) is 5.69 Å². The summed E-state index contributed by atoms with van der Waals surface area (Å²) in [5.41, 5.74) is 0.806. The smallest absolute Gasteiger partial charge is 0.264 e. The molecular formula is C20H11BrClN2O4S-. The Labute approximate surface area is 184 Å². The highest BCUT2D eigenvalue weighted by Gasteiger charge is 2.24. The van der Waals surface area contributed by atoms with Gasteiger partial charge in [-0.3, -0.25) is 4.79 Å². The maximum Gasteiger partial charge on any atom is 0.264 e. The number of amidine groups is 1. The molecule has 0 aliphatic carbocycles. The maximum absolute atomic E-state index is 12.3. The van der Waals surface area contributed by atoms with Gasteiger partial charge in [0.1, 0.15) is 12.4 Å². The monoisotopic (exact) mass is 489 g/mol. The van der Waals surface area contributed by atoms with Gasteiger partial charge >= 0.3 is 0 Å². The number of thioether (sulfide) groups is 1. The number of nitrogens with one attached hydrogen (secondary N) is 1. The third kappa shape index (κ3) is 5.21. The first kappa shape index (κ1) is 21.0. The number of hydrogen-bond donors (Lipinski definition) is 1. The molecule has 0 aromatic heterocycles. The second kappa shape index (κ2) is 9.18. The number of carbonyl (C=O) groups excluding carboxylic acids is 2. The number of amides is 1. The van der Waals surface area contributed by atoms with E-state index in [0.29, 0.717) is 27.1 Å². The first-order chi connectivity index (χ1) is 13.9. The lowest BCUT2D eigenvalue weighted by molar-refractivity contribution is -0.255. The predicted molar refractivity (Wildman–Crippen MR) is 115 cm³/mol. The second-order valence-corrected chi connectivity index (χ2v) is 7.96. The number of halogens is 2. The molecule has 6 nitrogen and oxygen atoms in total. The minimum Gasteiger partial charge on any atom is -0.545 e. The highest BCUT2D eigenvalue weighted by atomic mass is 79.9. The minimum atomic E-state index is -1.41. The number of terminal acetylenes is 1. The van der Waals surface area contributed by atoms with Crippen molar-refractivity contribution in [2.75, 3.05) is 6.61 Å². The van der Waals surface area contributed by atoms with E-state index in [4.69, 9.17) is 22.8 Å². The highest BCUT2D eigenvalue weighted by molar-refractivity contribution is 9.10. The standard InChI is InChI=1S/C20H12BrClN2O4S/c1-2-7-28-16-6-3-12(21)8-11(16)9-17-18(25)24-20(29-17)23-13-4-5-15(22)14(10-13)19(26)27/h1,3-6,8-10H,7H2,(H,26,27)(H,23,24,25)/p-1/b17-9-. The van der Waals surface area contributed by atoms with Gasteiger partial charge < -0.3 is 20.0 Å². The maximum atomic E-state index is 12.3. The summed E-state index contributed by atoms with van der Waals surface area (Å²) in [6.45, 7) is 0.0984. The van der Waals surface area contributed by atoms with Crippen molar-refractivity contribution < 1.29 is 19.4 Å². The molecule has 1 amide bonds. The largest absolute Gasteiger partial charge is 0.545 e. The van der Waals surface area contributed by atoms with E-state index in [1.807, 2.05) is 0 Å². The van der Waals surface area contributed by atoms with Gasteiger partial charge in [-0.15, -0.1) is 6.42 Å². The van der Waals surface area contributed by atoms with Crippen LogP contribution in [-0.2, 0) is 4.79 Å². The Balaban J connectivity index is 1.89. The van der Waals surface area contributed by atoms with E-state index in [9.17, 15) is 14.7 Å². The summed E-state index contributed by atoms with van der Waals surface area (Å²) < 4.78 is 6.32. The van der Waals surface area contributed by atoms with Gasteiger partial charge in [0, 0.05) is 20.6 Å². The second-order valence-electron chi connectivity index (χ2n) is 5.61. The van der Waals surface area contributed by atoms with Gasteiger partial charge in [-0.2, -0.15) is 0 Å². The lowest BCUT2D eigenvalue weighted by Gasteiger charge is -2.07. The molecule has 1 aliphatic heterocycles. The topological polar surface area (TPSA) is 90.8 Å². The Morgan fingerprint density at radius 1 is 1.38 bits per heavy atom. The van der Waals surface area contributed by atoms with Crippen molar-refractivity contribution in [2.45, 2.75) is 0 Å². The summed E-state index contributed by atoms with van der Waals surface area (Å²) in [5.74, 6) is 1.18. The van der Waals surface area contributed by atoms with E-state index in [1.54, 1.807) is 24.3 Å². The van der Waals surface area contributed by atoms with E-state index in [-0.39, 0.29) is 23.1 Å². The van der Waals surface area contributed by atoms with Gasteiger partial charge in [-0.05, 0) is 54.2 Å². The highest BCUT2D eigenvalue weighted by Crippen LogP contribution is 2.32. The normalized spacial score (nSPS) is 16.0. The zero-order valence-electron chi connectivity index (χ0n) is 14.6. The molecule has 0 saturated carbocycles. The molecule has 146 valence electrons. The molecule has 29 heavy (non-hydrogen) atoms. The van der Waals surface area contributed by atoms with Crippen LogP contribution in [0.15, 0.2) is 50.8 Å². The molecule has 1 fully saturated rings. The van der Waals surface area contributed by atoms with Gasteiger partial charge in [0.25, 0.3) is 5.91 Å². The SMILES string of the molecule is C#CCOc1ccc(Br)cc1/C=C1\SC(=Nc2ccc(Cl)c(C(=O)[O-])c2)NC1=O. The Kier molecular flexibility index (Phi) is 6.64. The van der Waals surface area contributed by atoms with Gasteiger partial charge in [-0.1, -0.05) is 33.5 Å². The molecule has 2 aromatic rings. The molecule has 0 bridgehead atoms. The quantitative estimate of drug-likeness (QED) is 0.513. The number of carboxylic acids is 1. The average molecular weight is 491 g/mol. The van der Waals surface area contributed by atoms with E-state index in [1.165, 1.54) is 18.2 Å². The molecule has 1 saturated heterocycles. The van der Waals surface area contributed by atoms with Crippen molar-refractivity contribution in [3.8, 4) is 18.1 Å². The summed E-state index contributed by atoms with van der Waals surface area (Å²) in [7, 11) is 0. The third-order valence-electron chi connectivity index (χ3n) is 3.62. The molecule has 1 aliphatic rings. The molecule has 2 aromatic carbocycles. The first-order valence-corrected chi connectivity index (χ1v) is 10.0. The van der Waals surface area contributed by atoms with E-state index < -0.39 is 5.97 Å². The van der Waals surface area contributed by atoms with Crippen molar-refractivity contribution in [3.63, 3.8) is 0 Å². The van der Waals surface area contributed by atoms with Crippen LogP contribution in [0.5, 0.6) is 5.75 Å². The molecular weight excluding hydrogens is 480 g/mol. The van der Waals surface area contributed by atoms with Crippen LogP contribution in [0.25, 0.3) is 6.08 Å². The molecule has 0 atom stereocenters. The molecule has 0 radical (unpaired) electrons. The number of rotatable bonds is 5. The fraction of sp³-hybridized carbons (Fsp3) is 0.0500. The number of aliphatic imine (C=N–C) groups is 1. The fourth-order valence-electron chi connectivity index (χ4n) is 2.36. The Bertz CT molecular complexity index is 1110. The molecule has 0 spiro atoms. The van der Waals surface area contributed by atoms with Crippen LogP contribution in [0.1, 0.15) is 15.9 Å². The van der Waals surface area contributed by atoms with E-state index >= 15 is 0 Å². The summed E-state index contributed by atoms with van der Waals surface area (Å²) in [5, 5.41) is 14.1. The average Bonchev–Trinajstić information content (AvgIpc) is 3.01. The van der Waals surface area contributed by atoms with Crippen molar-refractivity contribution in [2.24, 2.45) is 4.99 Å². The first-order valence-electron chi connectivity index (χ1n) is 8.03. The van der Waals surface area contributed by atoms with Crippen LogP contribution in [0.2, 0.25) is 5.02 Å². The number of carbonyl (C=O) groups is 2. The zero-order valence-corrected chi connectivity index (χ0v) is 17.7. The van der Waals surface area contributed by atoms with Crippen LogP contribution in [0, 0.1) is 12.3 Å². The van der Waals surface area contributed by atoms with Crippen molar-refractivity contribution >= 4 is 68.1 Å². The lowest BCUT2D eigenvalue weighted by Crippen LogP contribution is -2.22. The Morgan fingerprint density at radius 3 is 2.90 bits per heavy atom. The van der Waals surface area contributed by atoms with E-state index in [0.717, 1.165) is 16.2 Å². The number of hydrogen-bond acceptors (Lipinski definition) is 6. The van der Waals surface area contributed by atoms with Crippen molar-refractivity contribution in [1.82, 2.24) is 5.32 Å². The predicted octanol–water partition coefficient (Wildman–Crippen LogP) is 3.37. The minimum absolute atomic E-state index is 0.0480. The van der Waals surface area contributed by atoms with Crippen molar-refractivity contribution in [3.05, 3.63) is 61.9 Å². The molecule has 3 rings (SSSR count). The molecule has 9 heteroatoms. The van der Waals surface area contributed by atoms with Gasteiger partial charge in [0.15, 0.2) is 5.17 Å². The third-order valence-corrected chi connectivity index (χ3v) is 5.35. The van der Waals surface area contributed by atoms with Gasteiger partial charge in [0.2, 0.25) is 0 Å². The van der Waals surface area contributed by atoms with Crippen LogP contribution in [-0.4, -0.2) is 23.7 Å². The number of ether oxygens (including phenoxy) is 1. The molecule has 0 unspecified atom stereocenters. The Morgan fingerprint density at radius 2 is 2.17 bits per heavy atom. The molecule has 1 heterocycles. The van der Waals surface area contributed by atoms with E-state index in [2.05, 4.69) is 32.2 Å². The number of nitrogens with zero attached hydrogens (tertiary/aromatic N) is 1. The summed E-state index contributed by atoms with van der Waals surface area (Å²) in [6.07, 6.45) is 6.90. The summed E-state index contributed by atoms with van der Waals surface area (Å²) in [4.78, 5) is 28.1. The number of aromatic carboxylic acids is 1. The number of benzene rings is 2. The van der Waals surface area contributed by atoms with Crippen LogP contribution < -0.4 is 15.2 Å². The fourth-order valence-corrected chi connectivity index (χ4v) is 3.77. The van der Waals surface area contributed by atoms with Crippen molar-refractivity contribution in [1.29, 1.82) is 0 Å². The molecule has 1 N–H and O–H groups in total. The number of carboxylic acid groups (broad SMARTS) is 1.